The molecule has 0 aromatic carbocycles. The van der Waals surface area contributed by atoms with E-state index < -0.39 is 80.4 Å². The van der Waals surface area contributed by atoms with Gasteiger partial charge in [-0.3, -0.25) is 42.3 Å². The molecule has 5 heterocycles. The van der Waals surface area contributed by atoms with Gasteiger partial charge < -0.3 is 19.7 Å². The van der Waals surface area contributed by atoms with Crippen molar-refractivity contribution in [3.8, 4) is 0 Å². The largest absolute Gasteiger partial charge is 0.475 e. The van der Waals surface area contributed by atoms with E-state index in [4.69, 9.17) is 23.0 Å². The third-order valence-electron chi connectivity index (χ3n) is 6.87. The first kappa shape index (κ1) is 27.9. The van der Waals surface area contributed by atoms with Crippen LogP contribution in [0.5, 0.6) is 0 Å². The summed E-state index contributed by atoms with van der Waals surface area (Å²) in [5.74, 6) is 0. The van der Waals surface area contributed by atoms with Crippen molar-refractivity contribution >= 4 is 7.82 Å². The number of phosphoric ester groups is 1. The quantitative estimate of drug-likeness (QED) is 0.318. The zero-order valence-corrected chi connectivity index (χ0v) is 21.8. The molecule has 2 aromatic heterocycles. The number of hydrogen-bond donors (Lipinski definition) is 4. The third kappa shape index (κ3) is 5.78. The normalized spacial score (nSPS) is 33.3. The molecule has 0 saturated carbocycles. The summed E-state index contributed by atoms with van der Waals surface area (Å²) < 4.78 is 44.3. The lowest BCUT2D eigenvalue weighted by Crippen LogP contribution is -2.34. The van der Waals surface area contributed by atoms with Crippen molar-refractivity contribution in [1.29, 1.82) is 0 Å². The molecule has 2 aromatic rings. The number of hydrogen-bond acceptors (Lipinski definition) is 12. The molecular formula is C22H29N4O12P. The van der Waals surface area contributed by atoms with Crippen LogP contribution in [0.2, 0.25) is 0 Å². The number of H-pyrrole nitrogens is 2. The second kappa shape index (κ2) is 11.1. The van der Waals surface area contributed by atoms with Crippen molar-refractivity contribution in [2.75, 3.05) is 19.8 Å². The van der Waals surface area contributed by atoms with Gasteiger partial charge in [-0.2, -0.15) is 0 Å². The van der Waals surface area contributed by atoms with Crippen molar-refractivity contribution < 1.29 is 37.8 Å². The summed E-state index contributed by atoms with van der Waals surface area (Å²) in [5.41, 5.74) is -2.01. The van der Waals surface area contributed by atoms with E-state index in [-0.39, 0.29) is 43.4 Å². The van der Waals surface area contributed by atoms with E-state index >= 15 is 0 Å². The summed E-state index contributed by atoms with van der Waals surface area (Å²) in [6.45, 7) is 0.391. The van der Waals surface area contributed by atoms with Crippen LogP contribution < -0.4 is 22.5 Å². The molecule has 17 heteroatoms. The highest BCUT2D eigenvalue weighted by atomic mass is 31.2. The standard InChI is InChI=1S/C22H29N4O12P/c1-11-7-25(21(31)23-19(11)29)18-6-14(15(9-27)36-18)38-39(33)34-4-2-3-12-8-26(22(32)24-20(12)30)17-5-13(28)16(37-17)10-35-39/h7-8,13-18,27-28H,2-6,9-10H2,1H3,(H,23,29,31)(H,24,30,32)/t13-,14-,15+,16+,17+,18+,39-/m0/s1. The first-order valence-corrected chi connectivity index (χ1v) is 13.9. The monoisotopic (exact) mass is 572 g/mol. The molecule has 0 radical (unpaired) electrons. The molecule has 3 aliphatic heterocycles. The maximum atomic E-state index is 13.7. The summed E-state index contributed by atoms with van der Waals surface area (Å²) in [6.07, 6.45) is -2.94. The molecule has 4 N–H and O–H groups in total. The Morgan fingerprint density at radius 3 is 2.46 bits per heavy atom. The van der Waals surface area contributed by atoms with Crippen LogP contribution in [-0.2, 0) is 34.0 Å². The topological polar surface area (TPSA) is 213 Å². The second-order valence-corrected chi connectivity index (χ2v) is 11.2. The average Bonchev–Trinajstić information content (AvgIpc) is 3.46. The van der Waals surface area contributed by atoms with Crippen LogP contribution in [-0.4, -0.2) is 73.6 Å². The molecular weight excluding hydrogens is 543 g/mol. The highest BCUT2D eigenvalue weighted by molar-refractivity contribution is 7.48. The number of aromatic amines is 2. The van der Waals surface area contributed by atoms with Crippen molar-refractivity contribution in [3.05, 3.63) is 65.2 Å². The van der Waals surface area contributed by atoms with Gasteiger partial charge >= 0.3 is 19.2 Å². The number of fused-ring (bicyclic) bond motifs is 5. The molecule has 0 spiro atoms. The minimum atomic E-state index is -4.37. The number of nitrogens with one attached hydrogen (secondary N) is 2. The minimum absolute atomic E-state index is 0.0174. The van der Waals surface area contributed by atoms with Crippen LogP contribution in [0.25, 0.3) is 0 Å². The molecule has 0 amide bonds. The van der Waals surface area contributed by atoms with Crippen LogP contribution >= 0.6 is 7.82 Å². The number of ether oxygens (including phenoxy) is 2. The fourth-order valence-corrected chi connectivity index (χ4v) is 6.20. The molecule has 2 fully saturated rings. The Morgan fingerprint density at radius 1 is 1.03 bits per heavy atom. The fraction of sp³-hybridized carbons (Fsp3) is 0.636. The summed E-state index contributed by atoms with van der Waals surface area (Å²) in [4.78, 5) is 53.1. The van der Waals surface area contributed by atoms with Crippen molar-refractivity contribution in [2.45, 2.75) is 69.5 Å². The van der Waals surface area contributed by atoms with E-state index in [1.165, 1.54) is 23.9 Å². The highest BCUT2D eigenvalue weighted by Gasteiger charge is 2.44. The Morgan fingerprint density at radius 2 is 1.72 bits per heavy atom. The van der Waals surface area contributed by atoms with E-state index in [1.807, 2.05) is 0 Å². The Kier molecular flexibility index (Phi) is 7.90. The van der Waals surface area contributed by atoms with E-state index in [9.17, 15) is 34.0 Å². The lowest BCUT2D eigenvalue weighted by molar-refractivity contribution is -0.0599. The molecule has 4 bridgehead atoms. The van der Waals surface area contributed by atoms with Gasteiger partial charge in [-0.15, -0.1) is 0 Å². The van der Waals surface area contributed by atoms with Gasteiger partial charge in [0.05, 0.1) is 25.9 Å². The third-order valence-corrected chi connectivity index (χ3v) is 8.37. The average molecular weight is 572 g/mol. The summed E-state index contributed by atoms with van der Waals surface area (Å²) in [5, 5.41) is 20.4. The first-order chi connectivity index (χ1) is 18.6. The van der Waals surface area contributed by atoms with Gasteiger partial charge in [0.25, 0.3) is 11.1 Å². The predicted molar refractivity (Wildman–Crippen MR) is 130 cm³/mol. The summed E-state index contributed by atoms with van der Waals surface area (Å²) in [6, 6.07) is 0. The van der Waals surface area contributed by atoms with Crippen molar-refractivity contribution in [2.24, 2.45) is 0 Å². The number of aryl methyl sites for hydroxylation is 2. The van der Waals surface area contributed by atoms with Gasteiger partial charge in [-0.1, -0.05) is 0 Å². The number of aliphatic hydroxyl groups excluding tert-OH is 2. The fourth-order valence-electron chi connectivity index (χ4n) is 4.77. The summed E-state index contributed by atoms with van der Waals surface area (Å²) in [7, 11) is -4.37. The molecule has 0 unspecified atom stereocenters. The van der Waals surface area contributed by atoms with E-state index in [0.29, 0.717) is 0 Å². The maximum absolute atomic E-state index is 13.7. The van der Waals surface area contributed by atoms with Crippen molar-refractivity contribution in [3.63, 3.8) is 0 Å². The lowest BCUT2D eigenvalue weighted by atomic mass is 10.2. The zero-order chi connectivity index (χ0) is 27.9. The van der Waals surface area contributed by atoms with Gasteiger partial charge in [-0.25, -0.2) is 14.2 Å². The Bertz CT molecular complexity index is 1500. The molecule has 214 valence electrons. The molecule has 39 heavy (non-hydrogen) atoms. The molecule has 5 rings (SSSR count). The predicted octanol–water partition coefficient (Wildman–Crippen LogP) is -1.20. The maximum Gasteiger partial charge on any atom is 0.475 e. The Hall–Kier alpha value is -2.69. The van der Waals surface area contributed by atoms with Crippen LogP contribution in [0, 0.1) is 6.92 Å². The molecule has 3 aliphatic rings. The minimum Gasteiger partial charge on any atom is -0.394 e. The summed E-state index contributed by atoms with van der Waals surface area (Å²) >= 11 is 0. The van der Waals surface area contributed by atoms with Crippen LogP contribution in [0.3, 0.4) is 0 Å². The Balaban J connectivity index is 1.36. The van der Waals surface area contributed by atoms with Gasteiger partial charge in [0.1, 0.15) is 30.8 Å². The zero-order valence-electron chi connectivity index (χ0n) is 20.9. The van der Waals surface area contributed by atoms with Gasteiger partial charge in [0.15, 0.2) is 0 Å². The van der Waals surface area contributed by atoms with Crippen LogP contribution in [0.15, 0.2) is 31.6 Å². The Labute approximate surface area is 219 Å². The van der Waals surface area contributed by atoms with Crippen molar-refractivity contribution in [1.82, 2.24) is 19.1 Å². The SMILES string of the molecule is Cc1cn([C@H]2C[C@H](O[P@@]3(=O)OCCCc4cn(c(=O)[nH]c4=O)[C@H]4C[C@H](O)[C@@H](CO3)O4)[C@@H](CO)O2)c(=O)[nH]c1=O. The van der Waals surface area contributed by atoms with E-state index in [2.05, 4.69) is 9.97 Å². The van der Waals surface area contributed by atoms with Crippen LogP contribution in [0.4, 0.5) is 0 Å². The lowest BCUT2D eigenvalue weighted by Gasteiger charge is -2.25. The molecule has 16 nitrogen and oxygen atoms in total. The van der Waals surface area contributed by atoms with Gasteiger partial charge in [0.2, 0.25) is 0 Å². The van der Waals surface area contributed by atoms with Crippen LogP contribution in [0.1, 0.15) is 42.8 Å². The van der Waals surface area contributed by atoms with Gasteiger partial charge in [0, 0.05) is 36.4 Å². The first-order valence-electron chi connectivity index (χ1n) is 12.4. The number of nitrogens with zero attached hydrogens (tertiary/aromatic N) is 2. The molecule has 7 atom stereocenters. The van der Waals surface area contributed by atoms with E-state index in [1.54, 1.807) is 0 Å². The second-order valence-electron chi connectivity index (χ2n) is 9.60. The number of phosphoric acid groups is 1. The van der Waals surface area contributed by atoms with Gasteiger partial charge in [-0.05, 0) is 19.8 Å². The number of aliphatic hydroxyl groups is 2. The number of rotatable bonds is 4. The smallest absolute Gasteiger partial charge is 0.394 e. The molecule has 2 saturated heterocycles. The molecule has 0 aliphatic carbocycles. The van der Waals surface area contributed by atoms with E-state index in [0.717, 1.165) is 4.57 Å². The highest BCUT2D eigenvalue weighted by Crippen LogP contribution is 2.53. The number of aromatic nitrogens is 4.